The maximum absolute atomic E-state index is 4.43. The molecule has 0 atom stereocenters. The van der Waals surface area contributed by atoms with E-state index in [-0.39, 0.29) is 0 Å². The van der Waals surface area contributed by atoms with Crippen LogP contribution in [0.4, 0.5) is 0 Å². The van der Waals surface area contributed by atoms with Crippen molar-refractivity contribution in [3.8, 4) is 11.1 Å². The number of nitrogens with zero attached hydrogens (tertiary/aromatic N) is 2. The zero-order valence-electron chi connectivity index (χ0n) is 10.9. The van der Waals surface area contributed by atoms with Gasteiger partial charge in [0.25, 0.3) is 0 Å². The third kappa shape index (κ3) is 2.38. The van der Waals surface area contributed by atoms with Crippen molar-refractivity contribution in [1.29, 1.82) is 0 Å². The predicted molar refractivity (Wildman–Crippen MR) is 84.0 cm³/mol. The van der Waals surface area contributed by atoms with Crippen LogP contribution in [-0.2, 0) is 0 Å². The molecule has 96 valence electrons. The topological polar surface area (TPSA) is 25.8 Å². The molecule has 0 spiro atoms. The van der Waals surface area contributed by atoms with Crippen LogP contribution in [0.2, 0.25) is 0 Å². The van der Waals surface area contributed by atoms with Gasteiger partial charge in [-0.1, -0.05) is 36.8 Å². The van der Waals surface area contributed by atoms with E-state index in [0.29, 0.717) is 0 Å². The van der Waals surface area contributed by atoms with Gasteiger partial charge in [-0.05, 0) is 18.2 Å². The fraction of sp³-hybridized carbons (Fsp3) is 0.200. The molecule has 2 nitrogen and oxygen atoms in total. The average molecular weight is 286 g/mol. The summed E-state index contributed by atoms with van der Waals surface area (Å²) in [5, 5.41) is 4.47. The van der Waals surface area contributed by atoms with E-state index in [0.717, 1.165) is 15.6 Å². The third-order valence-electron chi connectivity index (χ3n) is 2.98. The van der Waals surface area contributed by atoms with Gasteiger partial charge in [0.2, 0.25) is 0 Å². The summed E-state index contributed by atoms with van der Waals surface area (Å²) in [5.74, 6) is 1.02. The first-order valence-electron chi connectivity index (χ1n) is 6.21. The van der Waals surface area contributed by atoms with Crippen LogP contribution >= 0.6 is 23.1 Å². The minimum atomic E-state index is 1.02. The first-order chi connectivity index (χ1) is 9.29. The molecule has 3 aromatic rings. The minimum Gasteiger partial charge on any atom is -0.229 e. The van der Waals surface area contributed by atoms with Crippen LogP contribution in [-0.4, -0.2) is 15.7 Å². The highest BCUT2D eigenvalue weighted by atomic mass is 32.2. The Hall–Kier alpha value is -1.39. The van der Waals surface area contributed by atoms with Crippen molar-refractivity contribution in [3.05, 3.63) is 41.5 Å². The molecule has 1 aromatic carbocycles. The second-order valence-electron chi connectivity index (χ2n) is 4.31. The highest BCUT2D eigenvalue weighted by molar-refractivity contribution is 7.99. The van der Waals surface area contributed by atoms with Crippen LogP contribution in [0.3, 0.4) is 0 Å². The van der Waals surface area contributed by atoms with E-state index in [1.807, 2.05) is 0 Å². The zero-order chi connectivity index (χ0) is 13.2. The van der Waals surface area contributed by atoms with Gasteiger partial charge in [0.15, 0.2) is 0 Å². The molecule has 0 unspecified atom stereocenters. The standard InChI is InChI=1S/C15H14N2S2/c1-3-18-14-13-12(8-19-15(13)17-9-16-14)11-6-4-10(2)5-7-11/h4-9H,3H2,1-2H3. The highest BCUT2D eigenvalue weighted by Crippen LogP contribution is 2.37. The summed E-state index contributed by atoms with van der Waals surface area (Å²) < 4.78 is 0. The molecule has 0 aliphatic heterocycles. The van der Waals surface area contributed by atoms with Crippen LogP contribution in [0.15, 0.2) is 41.0 Å². The first kappa shape index (κ1) is 12.6. The van der Waals surface area contributed by atoms with Gasteiger partial charge in [0.1, 0.15) is 16.2 Å². The molecule has 2 heterocycles. The summed E-state index contributed by atoms with van der Waals surface area (Å²) in [6, 6.07) is 8.64. The number of rotatable bonds is 3. The summed E-state index contributed by atoms with van der Waals surface area (Å²) in [6.07, 6.45) is 1.66. The Morgan fingerprint density at radius 1 is 1.16 bits per heavy atom. The second kappa shape index (κ2) is 5.31. The number of thiophene rings is 1. The summed E-state index contributed by atoms with van der Waals surface area (Å²) in [6.45, 7) is 4.26. The molecule has 0 fully saturated rings. The summed E-state index contributed by atoms with van der Waals surface area (Å²) in [5.41, 5.74) is 3.77. The Morgan fingerprint density at radius 2 is 1.95 bits per heavy atom. The molecule has 0 saturated carbocycles. The van der Waals surface area contributed by atoms with Crippen LogP contribution in [0.25, 0.3) is 21.3 Å². The molecule has 0 aliphatic rings. The lowest BCUT2D eigenvalue weighted by Gasteiger charge is -2.04. The van der Waals surface area contributed by atoms with Crippen molar-refractivity contribution in [3.63, 3.8) is 0 Å². The van der Waals surface area contributed by atoms with Gasteiger partial charge in [-0.2, -0.15) is 0 Å². The van der Waals surface area contributed by atoms with Crippen molar-refractivity contribution in [1.82, 2.24) is 9.97 Å². The Balaban J connectivity index is 2.21. The molecular formula is C15H14N2S2. The maximum Gasteiger partial charge on any atom is 0.128 e. The van der Waals surface area contributed by atoms with E-state index >= 15 is 0 Å². The van der Waals surface area contributed by atoms with Gasteiger partial charge < -0.3 is 0 Å². The van der Waals surface area contributed by atoms with Crippen molar-refractivity contribution in [2.24, 2.45) is 0 Å². The molecule has 0 N–H and O–H groups in total. The van der Waals surface area contributed by atoms with Gasteiger partial charge >= 0.3 is 0 Å². The molecule has 19 heavy (non-hydrogen) atoms. The summed E-state index contributed by atoms with van der Waals surface area (Å²) in [4.78, 5) is 9.88. The Bertz CT molecular complexity index is 702. The molecule has 0 radical (unpaired) electrons. The average Bonchev–Trinajstić information content (AvgIpc) is 2.85. The van der Waals surface area contributed by atoms with Crippen molar-refractivity contribution in [2.75, 3.05) is 5.75 Å². The lowest BCUT2D eigenvalue weighted by atomic mass is 10.1. The number of fused-ring (bicyclic) bond motifs is 1. The molecule has 2 aromatic heterocycles. The highest BCUT2D eigenvalue weighted by Gasteiger charge is 2.12. The van der Waals surface area contributed by atoms with E-state index in [2.05, 4.69) is 53.5 Å². The number of aromatic nitrogens is 2. The Kier molecular flexibility index (Phi) is 3.53. The Labute approximate surface area is 120 Å². The number of hydrogen-bond acceptors (Lipinski definition) is 4. The third-order valence-corrected chi connectivity index (χ3v) is 4.74. The Morgan fingerprint density at radius 3 is 2.68 bits per heavy atom. The number of benzene rings is 1. The zero-order valence-corrected chi connectivity index (χ0v) is 12.5. The maximum atomic E-state index is 4.43. The van der Waals surface area contributed by atoms with Gasteiger partial charge in [-0.3, -0.25) is 0 Å². The quantitative estimate of drug-likeness (QED) is 0.512. The summed E-state index contributed by atoms with van der Waals surface area (Å²) >= 11 is 3.47. The fourth-order valence-electron chi connectivity index (χ4n) is 2.04. The minimum absolute atomic E-state index is 1.02. The monoisotopic (exact) mass is 286 g/mol. The number of hydrogen-bond donors (Lipinski definition) is 0. The molecule has 0 aliphatic carbocycles. The molecule has 0 bridgehead atoms. The van der Waals surface area contributed by atoms with Gasteiger partial charge in [-0.25, -0.2) is 9.97 Å². The summed E-state index contributed by atoms with van der Waals surface area (Å²) in [7, 11) is 0. The first-order valence-corrected chi connectivity index (χ1v) is 8.08. The van der Waals surface area contributed by atoms with E-state index in [4.69, 9.17) is 0 Å². The van der Waals surface area contributed by atoms with E-state index in [9.17, 15) is 0 Å². The number of aryl methyl sites for hydroxylation is 1. The van der Waals surface area contributed by atoms with Crippen molar-refractivity contribution < 1.29 is 0 Å². The van der Waals surface area contributed by atoms with Gasteiger partial charge in [0.05, 0.1) is 5.39 Å². The smallest absolute Gasteiger partial charge is 0.128 e. The van der Waals surface area contributed by atoms with Crippen LogP contribution in [0.5, 0.6) is 0 Å². The van der Waals surface area contributed by atoms with Crippen molar-refractivity contribution in [2.45, 2.75) is 18.9 Å². The largest absolute Gasteiger partial charge is 0.229 e. The van der Waals surface area contributed by atoms with Gasteiger partial charge in [-0.15, -0.1) is 23.1 Å². The fourth-order valence-corrected chi connectivity index (χ4v) is 3.77. The molecular weight excluding hydrogens is 272 g/mol. The van der Waals surface area contributed by atoms with Crippen molar-refractivity contribution >= 4 is 33.3 Å². The van der Waals surface area contributed by atoms with E-state index < -0.39 is 0 Å². The lowest BCUT2D eigenvalue weighted by molar-refractivity contribution is 1.11. The molecule has 3 rings (SSSR count). The molecule has 0 saturated heterocycles. The van der Waals surface area contributed by atoms with E-state index in [1.165, 1.54) is 22.1 Å². The van der Waals surface area contributed by atoms with E-state index in [1.54, 1.807) is 29.4 Å². The molecule has 0 amide bonds. The van der Waals surface area contributed by atoms with Crippen LogP contribution in [0, 0.1) is 6.92 Å². The second-order valence-corrected chi connectivity index (χ2v) is 6.42. The van der Waals surface area contributed by atoms with Crippen LogP contribution < -0.4 is 0 Å². The van der Waals surface area contributed by atoms with Gasteiger partial charge in [0, 0.05) is 10.9 Å². The predicted octanol–water partition coefficient (Wildman–Crippen LogP) is 4.78. The lowest BCUT2D eigenvalue weighted by Crippen LogP contribution is -1.86. The van der Waals surface area contributed by atoms with Crippen LogP contribution in [0.1, 0.15) is 12.5 Å². The normalized spacial score (nSPS) is 11.1. The number of thioether (sulfide) groups is 1. The SMILES string of the molecule is CCSc1ncnc2scc(-c3ccc(C)cc3)c12. The molecule has 4 heteroatoms.